The molecule has 1 N–H and O–H groups in total. The summed E-state index contributed by atoms with van der Waals surface area (Å²) in [7, 11) is -2.44. The number of nitrogens with zero attached hydrogens (tertiary/aromatic N) is 3. The van der Waals surface area contributed by atoms with Crippen molar-refractivity contribution in [2.45, 2.75) is 13.8 Å². The second kappa shape index (κ2) is 10.9. The van der Waals surface area contributed by atoms with Crippen LogP contribution in [0.3, 0.4) is 0 Å². The zero-order valence-electron chi connectivity index (χ0n) is 19.3. The number of hydrogen-bond acceptors (Lipinski definition) is 5. The Morgan fingerprint density at radius 1 is 1.17 bits per heavy atom. The Labute approximate surface area is 219 Å². The normalized spacial score (nSPS) is 11.6. The van der Waals surface area contributed by atoms with E-state index in [-0.39, 0.29) is 11.4 Å². The van der Waals surface area contributed by atoms with E-state index in [4.69, 9.17) is 39.5 Å². The molecule has 8 nitrogen and oxygen atoms in total. The molecule has 3 rings (SSSR count). The van der Waals surface area contributed by atoms with E-state index >= 15 is 0 Å². The topological polar surface area (TPSA) is 93.0 Å². The number of sulfonamides is 1. The maximum absolute atomic E-state index is 12.6. The number of amides is 1. The lowest BCUT2D eigenvalue weighted by atomic mass is 10.2. The lowest BCUT2D eigenvalue weighted by Crippen LogP contribution is -2.39. The van der Waals surface area contributed by atoms with Gasteiger partial charge in [0.15, 0.2) is 0 Å². The number of anilines is 1. The van der Waals surface area contributed by atoms with Crippen LogP contribution in [0.4, 0.5) is 5.69 Å². The smallest absolute Gasteiger partial charge is 0.260 e. The number of rotatable bonds is 8. The van der Waals surface area contributed by atoms with Crippen LogP contribution in [0.5, 0.6) is 5.75 Å². The van der Waals surface area contributed by atoms with Gasteiger partial charge in [0.05, 0.1) is 41.0 Å². The van der Waals surface area contributed by atoms with E-state index < -0.39 is 22.5 Å². The number of hydrogen-bond donors (Lipinski definition) is 1. The molecule has 0 saturated heterocycles. The highest BCUT2D eigenvalue weighted by Gasteiger charge is 2.24. The lowest BCUT2D eigenvalue weighted by Gasteiger charge is -2.23. The standard InChI is InChI=1S/C23H23Cl3N4O4S/c1-14-10-16(15(2)30(14)19-7-5-6-18(25)23(19)26)12-27-28-22(31)13-29(35(4,32)33)20-11-17(24)8-9-21(20)34-3/h5-12H,13H2,1-4H3,(H,28,31)/b27-12-. The fraction of sp³-hybridized carbons (Fsp3) is 0.217. The molecule has 1 amide bonds. The Bertz CT molecular complexity index is 1400. The van der Waals surface area contributed by atoms with Crippen molar-refractivity contribution < 1.29 is 17.9 Å². The molecule has 1 heterocycles. The van der Waals surface area contributed by atoms with Crippen molar-refractivity contribution >= 4 is 62.6 Å². The Balaban J connectivity index is 1.81. The van der Waals surface area contributed by atoms with Crippen LogP contribution in [0.25, 0.3) is 5.69 Å². The second-order valence-electron chi connectivity index (χ2n) is 7.61. The molecule has 0 radical (unpaired) electrons. The second-order valence-corrected chi connectivity index (χ2v) is 10.7. The van der Waals surface area contributed by atoms with E-state index in [1.807, 2.05) is 30.5 Å². The zero-order chi connectivity index (χ0) is 25.9. The molecule has 12 heteroatoms. The van der Waals surface area contributed by atoms with Gasteiger partial charge in [-0.1, -0.05) is 40.9 Å². The van der Waals surface area contributed by atoms with Gasteiger partial charge >= 0.3 is 0 Å². The lowest BCUT2D eigenvalue weighted by molar-refractivity contribution is -0.119. The van der Waals surface area contributed by atoms with Crippen molar-refractivity contribution in [2.75, 3.05) is 24.2 Å². The van der Waals surface area contributed by atoms with Crippen LogP contribution in [-0.4, -0.2) is 45.0 Å². The number of ether oxygens (including phenoxy) is 1. The molecule has 2 aromatic carbocycles. The summed E-state index contributed by atoms with van der Waals surface area (Å²) in [6, 6.07) is 11.7. The van der Waals surface area contributed by atoms with Crippen LogP contribution in [0.1, 0.15) is 17.0 Å². The van der Waals surface area contributed by atoms with Crippen molar-refractivity contribution in [3.8, 4) is 11.4 Å². The first-order chi connectivity index (χ1) is 16.4. The van der Waals surface area contributed by atoms with Crippen LogP contribution in [0.2, 0.25) is 15.1 Å². The highest BCUT2D eigenvalue weighted by atomic mass is 35.5. The summed E-state index contributed by atoms with van der Waals surface area (Å²) in [5, 5.41) is 5.16. The molecule has 3 aromatic rings. The summed E-state index contributed by atoms with van der Waals surface area (Å²) in [5.41, 5.74) is 5.67. The van der Waals surface area contributed by atoms with Gasteiger partial charge in [-0.2, -0.15) is 5.10 Å². The molecule has 0 aliphatic carbocycles. The molecule has 0 atom stereocenters. The number of hydrazone groups is 1. The van der Waals surface area contributed by atoms with Crippen molar-refractivity contribution in [1.29, 1.82) is 0 Å². The van der Waals surface area contributed by atoms with E-state index in [9.17, 15) is 13.2 Å². The molecule has 0 aliphatic heterocycles. The fourth-order valence-corrected chi connectivity index (χ4v) is 4.93. The minimum atomic E-state index is -3.83. The summed E-state index contributed by atoms with van der Waals surface area (Å²) in [6.07, 6.45) is 2.46. The molecular weight excluding hydrogens is 535 g/mol. The summed E-state index contributed by atoms with van der Waals surface area (Å²) in [6.45, 7) is 3.26. The van der Waals surface area contributed by atoms with E-state index in [0.717, 1.165) is 33.2 Å². The van der Waals surface area contributed by atoms with E-state index in [1.165, 1.54) is 25.5 Å². The predicted octanol–water partition coefficient (Wildman–Crippen LogP) is 4.98. The van der Waals surface area contributed by atoms with Gasteiger partial charge in [0.25, 0.3) is 5.91 Å². The van der Waals surface area contributed by atoms with Crippen LogP contribution in [0.15, 0.2) is 47.6 Å². The quantitative estimate of drug-likeness (QED) is 0.312. The maximum atomic E-state index is 12.6. The van der Waals surface area contributed by atoms with Crippen molar-refractivity contribution in [3.63, 3.8) is 0 Å². The van der Waals surface area contributed by atoms with Crippen LogP contribution in [0, 0.1) is 13.8 Å². The van der Waals surface area contributed by atoms with Crippen LogP contribution < -0.4 is 14.5 Å². The van der Waals surface area contributed by atoms with Crippen LogP contribution in [-0.2, 0) is 14.8 Å². The van der Waals surface area contributed by atoms with Gasteiger partial charge < -0.3 is 9.30 Å². The van der Waals surface area contributed by atoms with E-state index in [0.29, 0.717) is 15.1 Å². The molecule has 0 bridgehead atoms. The van der Waals surface area contributed by atoms with E-state index in [1.54, 1.807) is 18.2 Å². The number of carbonyl (C=O) groups is 1. The first-order valence-electron chi connectivity index (χ1n) is 10.2. The first kappa shape index (κ1) is 26.9. The molecular formula is C23H23Cl3N4O4S. The monoisotopic (exact) mass is 556 g/mol. The third-order valence-corrected chi connectivity index (χ3v) is 7.30. The first-order valence-corrected chi connectivity index (χ1v) is 13.2. The van der Waals surface area contributed by atoms with Gasteiger partial charge in [0, 0.05) is 22.0 Å². The molecule has 0 spiro atoms. The summed E-state index contributed by atoms with van der Waals surface area (Å²) >= 11 is 18.6. The zero-order valence-corrected chi connectivity index (χ0v) is 22.4. The van der Waals surface area contributed by atoms with Gasteiger partial charge in [0.2, 0.25) is 10.0 Å². The number of aryl methyl sites for hydroxylation is 1. The third kappa shape index (κ3) is 6.10. The largest absolute Gasteiger partial charge is 0.495 e. The molecule has 35 heavy (non-hydrogen) atoms. The van der Waals surface area contributed by atoms with E-state index in [2.05, 4.69) is 10.5 Å². The minimum Gasteiger partial charge on any atom is -0.495 e. The molecule has 0 unspecified atom stereocenters. The number of aromatic nitrogens is 1. The highest BCUT2D eigenvalue weighted by Crippen LogP contribution is 2.33. The Kier molecular flexibility index (Phi) is 8.38. The molecule has 0 saturated carbocycles. The average Bonchev–Trinajstić information content (AvgIpc) is 3.06. The Hall–Kier alpha value is -2.72. The van der Waals surface area contributed by atoms with Gasteiger partial charge in [-0.15, -0.1) is 0 Å². The van der Waals surface area contributed by atoms with Crippen molar-refractivity contribution in [3.05, 3.63) is 74.5 Å². The van der Waals surface area contributed by atoms with Gasteiger partial charge in [0.1, 0.15) is 12.3 Å². The fourth-order valence-electron chi connectivity index (χ4n) is 3.53. The van der Waals surface area contributed by atoms with Crippen molar-refractivity contribution in [2.24, 2.45) is 5.10 Å². The predicted molar refractivity (Wildman–Crippen MR) is 141 cm³/mol. The third-order valence-electron chi connectivity index (χ3n) is 5.13. The average molecular weight is 558 g/mol. The highest BCUT2D eigenvalue weighted by molar-refractivity contribution is 7.92. The summed E-state index contributed by atoms with van der Waals surface area (Å²) < 4.78 is 32.9. The van der Waals surface area contributed by atoms with Crippen LogP contribution >= 0.6 is 34.8 Å². The molecule has 1 aromatic heterocycles. The van der Waals surface area contributed by atoms with Gasteiger partial charge in [-0.25, -0.2) is 13.8 Å². The number of carbonyl (C=O) groups excluding carboxylic acids is 1. The number of methoxy groups -OCH3 is 1. The molecule has 0 fully saturated rings. The minimum absolute atomic E-state index is 0.142. The summed E-state index contributed by atoms with van der Waals surface area (Å²) in [4.78, 5) is 12.6. The Morgan fingerprint density at radius 2 is 1.89 bits per heavy atom. The van der Waals surface area contributed by atoms with Crippen molar-refractivity contribution in [1.82, 2.24) is 9.99 Å². The SMILES string of the molecule is COc1ccc(Cl)cc1N(CC(=O)N/N=C\c1cc(C)n(-c2cccc(Cl)c2Cl)c1C)S(C)(=O)=O. The number of benzene rings is 2. The summed E-state index contributed by atoms with van der Waals surface area (Å²) in [5.74, 6) is -0.399. The number of halogens is 3. The Morgan fingerprint density at radius 3 is 2.54 bits per heavy atom. The van der Waals surface area contributed by atoms with Gasteiger partial charge in [-0.05, 0) is 50.2 Å². The maximum Gasteiger partial charge on any atom is 0.260 e. The molecule has 0 aliphatic rings. The van der Waals surface area contributed by atoms with Gasteiger partial charge in [-0.3, -0.25) is 9.10 Å². The number of nitrogens with one attached hydrogen (secondary N) is 1. The molecule has 186 valence electrons.